The van der Waals surface area contributed by atoms with Crippen molar-refractivity contribution in [2.24, 2.45) is 0 Å². The molecule has 0 saturated heterocycles. The Morgan fingerprint density at radius 1 is 1.08 bits per heavy atom. The molecule has 4 rings (SSSR count). The zero-order valence-corrected chi connectivity index (χ0v) is 15.8. The number of anilines is 2. The van der Waals surface area contributed by atoms with Crippen molar-refractivity contribution < 1.29 is 0 Å². The Kier molecular flexibility index (Phi) is 5.06. The van der Waals surface area contributed by atoms with Gasteiger partial charge in [-0.05, 0) is 37.2 Å². The van der Waals surface area contributed by atoms with Crippen LogP contribution in [0.1, 0.15) is 24.8 Å². The van der Waals surface area contributed by atoms with Gasteiger partial charge < -0.3 is 10.6 Å². The van der Waals surface area contributed by atoms with Crippen LogP contribution in [0.4, 0.5) is 11.4 Å². The standard InChI is InChI=1S/C20H21N3S2/c1-2-3-10-21-12-20-23-17(13-24-20)14-8-9-19-16(11-14)22-15-6-4-5-7-18(15)25-19/h4-9,11,13,21-22H,2-3,10,12H2,1H3. The largest absolute Gasteiger partial charge is 0.354 e. The fraction of sp³-hybridized carbons (Fsp3) is 0.250. The topological polar surface area (TPSA) is 37.0 Å². The molecule has 0 saturated carbocycles. The van der Waals surface area contributed by atoms with Gasteiger partial charge in [0.05, 0.1) is 17.1 Å². The zero-order chi connectivity index (χ0) is 17.1. The zero-order valence-electron chi connectivity index (χ0n) is 14.2. The first-order valence-corrected chi connectivity index (χ1v) is 10.4. The molecule has 5 heteroatoms. The SMILES string of the molecule is CCCCNCc1nc(-c2ccc3c(c2)Nc2ccccc2S3)cs1. The average molecular weight is 368 g/mol. The molecule has 2 N–H and O–H groups in total. The molecule has 0 spiro atoms. The molecule has 1 aromatic heterocycles. The first-order valence-electron chi connectivity index (χ1n) is 8.67. The molecular formula is C20H21N3S2. The molecule has 2 aromatic carbocycles. The maximum absolute atomic E-state index is 4.79. The van der Waals surface area contributed by atoms with E-state index in [1.807, 2.05) is 11.8 Å². The van der Waals surface area contributed by atoms with Gasteiger partial charge in [-0.1, -0.05) is 43.3 Å². The van der Waals surface area contributed by atoms with Gasteiger partial charge in [0, 0.05) is 27.3 Å². The van der Waals surface area contributed by atoms with Gasteiger partial charge in [0.25, 0.3) is 0 Å². The Morgan fingerprint density at radius 2 is 1.96 bits per heavy atom. The lowest BCUT2D eigenvalue weighted by atomic mass is 10.1. The number of hydrogen-bond acceptors (Lipinski definition) is 5. The Labute approximate surface area is 156 Å². The molecule has 25 heavy (non-hydrogen) atoms. The summed E-state index contributed by atoms with van der Waals surface area (Å²) >= 11 is 3.55. The molecule has 0 amide bonds. The minimum atomic E-state index is 0.858. The fourth-order valence-corrected chi connectivity index (χ4v) is 4.56. The van der Waals surface area contributed by atoms with E-state index in [0.29, 0.717) is 0 Å². The highest BCUT2D eigenvalue weighted by Gasteiger charge is 2.16. The van der Waals surface area contributed by atoms with Crippen LogP contribution in [-0.4, -0.2) is 11.5 Å². The number of hydrogen-bond donors (Lipinski definition) is 2. The molecular weight excluding hydrogens is 346 g/mol. The maximum Gasteiger partial charge on any atom is 0.107 e. The molecule has 3 nitrogen and oxygen atoms in total. The third-order valence-electron chi connectivity index (χ3n) is 4.19. The molecule has 3 aromatic rings. The molecule has 0 aliphatic carbocycles. The quantitative estimate of drug-likeness (QED) is 0.416. The molecule has 0 atom stereocenters. The second-order valence-electron chi connectivity index (χ2n) is 6.09. The van der Waals surface area contributed by atoms with E-state index in [4.69, 9.17) is 4.98 Å². The van der Waals surface area contributed by atoms with Crippen molar-refractivity contribution in [3.8, 4) is 11.3 Å². The number of nitrogens with zero attached hydrogens (tertiary/aromatic N) is 1. The third-order valence-corrected chi connectivity index (χ3v) is 6.19. The molecule has 1 aliphatic heterocycles. The van der Waals surface area contributed by atoms with Crippen molar-refractivity contribution in [1.82, 2.24) is 10.3 Å². The second-order valence-corrected chi connectivity index (χ2v) is 8.12. The summed E-state index contributed by atoms with van der Waals surface area (Å²) in [6.45, 7) is 4.13. The Hall–Kier alpha value is -1.82. The van der Waals surface area contributed by atoms with E-state index in [2.05, 4.69) is 65.4 Å². The van der Waals surface area contributed by atoms with Gasteiger partial charge in [-0.15, -0.1) is 11.3 Å². The maximum atomic E-state index is 4.79. The Balaban J connectivity index is 1.50. The van der Waals surface area contributed by atoms with Crippen LogP contribution in [0.25, 0.3) is 11.3 Å². The Morgan fingerprint density at radius 3 is 2.88 bits per heavy atom. The smallest absolute Gasteiger partial charge is 0.107 e. The molecule has 2 heterocycles. The van der Waals surface area contributed by atoms with E-state index >= 15 is 0 Å². The predicted molar refractivity (Wildman–Crippen MR) is 108 cm³/mol. The number of rotatable bonds is 6. The summed E-state index contributed by atoms with van der Waals surface area (Å²) < 4.78 is 0. The highest BCUT2D eigenvalue weighted by Crippen LogP contribution is 2.45. The van der Waals surface area contributed by atoms with Gasteiger partial charge in [0.1, 0.15) is 5.01 Å². The Bertz CT molecular complexity index is 873. The van der Waals surface area contributed by atoms with Crippen molar-refractivity contribution in [2.75, 3.05) is 11.9 Å². The van der Waals surface area contributed by atoms with Crippen LogP contribution in [-0.2, 0) is 6.54 Å². The van der Waals surface area contributed by atoms with Gasteiger partial charge >= 0.3 is 0 Å². The monoisotopic (exact) mass is 367 g/mol. The number of nitrogens with one attached hydrogen (secondary N) is 2. The van der Waals surface area contributed by atoms with E-state index in [1.54, 1.807) is 11.3 Å². The van der Waals surface area contributed by atoms with Crippen LogP contribution in [0.5, 0.6) is 0 Å². The summed E-state index contributed by atoms with van der Waals surface area (Å²) in [5.74, 6) is 0. The van der Waals surface area contributed by atoms with Crippen LogP contribution in [0, 0.1) is 0 Å². The van der Waals surface area contributed by atoms with Crippen LogP contribution in [0.15, 0.2) is 57.6 Å². The first kappa shape index (κ1) is 16.6. The summed E-state index contributed by atoms with van der Waals surface area (Å²) in [4.78, 5) is 7.33. The molecule has 128 valence electrons. The van der Waals surface area contributed by atoms with E-state index in [9.17, 15) is 0 Å². The number of para-hydroxylation sites is 1. The summed E-state index contributed by atoms with van der Waals surface area (Å²) in [7, 11) is 0. The molecule has 0 radical (unpaired) electrons. The van der Waals surface area contributed by atoms with Crippen molar-refractivity contribution >= 4 is 34.5 Å². The van der Waals surface area contributed by atoms with Crippen molar-refractivity contribution in [1.29, 1.82) is 0 Å². The van der Waals surface area contributed by atoms with E-state index in [0.717, 1.165) is 29.5 Å². The van der Waals surface area contributed by atoms with Crippen LogP contribution >= 0.6 is 23.1 Å². The van der Waals surface area contributed by atoms with Gasteiger partial charge in [0.2, 0.25) is 0 Å². The van der Waals surface area contributed by atoms with E-state index in [1.165, 1.54) is 33.9 Å². The molecule has 0 unspecified atom stereocenters. The van der Waals surface area contributed by atoms with Crippen molar-refractivity contribution in [2.45, 2.75) is 36.1 Å². The summed E-state index contributed by atoms with van der Waals surface area (Å²) in [5.41, 5.74) is 4.57. The normalized spacial score (nSPS) is 12.4. The fourth-order valence-electron chi connectivity index (χ4n) is 2.82. The highest BCUT2D eigenvalue weighted by molar-refractivity contribution is 7.99. The minimum Gasteiger partial charge on any atom is -0.354 e. The summed E-state index contributed by atoms with van der Waals surface area (Å²) in [6.07, 6.45) is 2.44. The van der Waals surface area contributed by atoms with Crippen LogP contribution in [0.3, 0.4) is 0 Å². The molecule has 0 fully saturated rings. The van der Waals surface area contributed by atoms with Crippen LogP contribution < -0.4 is 10.6 Å². The third kappa shape index (κ3) is 3.73. The minimum absolute atomic E-state index is 0.858. The average Bonchev–Trinajstić information content (AvgIpc) is 3.12. The second kappa shape index (κ2) is 7.60. The lowest BCUT2D eigenvalue weighted by molar-refractivity contribution is 0.640. The van der Waals surface area contributed by atoms with Gasteiger partial charge in [0.15, 0.2) is 0 Å². The van der Waals surface area contributed by atoms with Crippen LogP contribution in [0.2, 0.25) is 0 Å². The lowest BCUT2D eigenvalue weighted by Crippen LogP contribution is -2.14. The van der Waals surface area contributed by atoms with Gasteiger partial charge in [-0.25, -0.2) is 4.98 Å². The van der Waals surface area contributed by atoms with E-state index in [-0.39, 0.29) is 0 Å². The first-order chi connectivity index (χ1) is 12.3. The number of benzene rings is 2. The van der Waals surface area contributed by atoms with Gasteiger partial charge in [-0.3, -0.25) is 0 Å². The van der Waals surface area contributed by atoms with Crippen molar-refractivity contribution in [3.63, 3.8) is 0 Å². The lowest BCUT2D eigenvalue weighted by Gasteiger charge is -2.21. The van der Waals surface area contributed by atoms with Crippen molar-refractivity contribution in [3.05, 3.63) is 52.9 Å². The molecule has 1 aliphatic rings. The number of unbranched alkanes of at least 4 members (excludes halogenated alkanes) is 1. The predicted octanol–water partition coefficient (Wildman–Crippen LogP) is 5.91. The molecule has 0 bridgehead atoms. The highest BCUT2D eigenvalue weighted by atomic mass is 32.2. The number of aromatic nitrogens is 1. The number of thiazole rings is 1. The summed E-state index contributed by atoms with van der Waals surface area (Å²) in [5, 5.41) is 10.3. The van der Waals surface area contributed by atoms with E-state index < -0.39 is 0 Å². The number of fused-ring (bicyclic) bond motifs is 2. The van der Waals surface area contributed by atoms with Gasteiger partial charge in [-0.2, -0.15) is 0 Å². The summed E-state index contributed by atoms with van der Waals surface area (Å²) in [6, 6.07) is 15.0.